The lowest BCUT2D eigenvalue weighted by Gasteiger charge is -2.35. The topological polar surface area (TPSA) is 93.3 Å². The monoisotopic (exact) mass is 568 g/mol. The van der Waals surface area contributed by atoms with Crippen molar-refractivity contribution in [1.82, 2.24) is 29.7 Å². The van der Waals surface area contributed by atoms with Gasteiger partial charge in [-0.2, -0.15) is 18.3 Å². The van der Waals surface area contributed by atoms with Crippen LogP contribution >= 0.6 is 0 Å². The number of carbonyl (C=O) groups is 1. The second-order valence-electron chi connectivity index (χ2n) is 10.1. The Bertz CT molecular complexity index is 1590. The van der Waals surface area contributed by atoms with E-state index in [2.05, 4.69) is 25.6 Å². The summed E-state index contributed by atoms with van der Waals surface area (Å²) in [6.07, 6.45) is -1.16. The molecule has 0 aliphatic carbocycles. The molecule has 5 rings (SSSR count). The SMILES string of the molecule is COc1c(NC(=O)c2ccc(C)c(-n3cc(-c4cnn(C)c4C)nn3)c2)cc(C(F)(F)F)cc1N1CCN(C)CC1. The van der Waals surface area contributed by atoms with Crippen molar-refractivity contribution in [2.45, 2.75) is 20.0 Å². The van der Waals surface area contributed by atoms with Gasteiger partial charge in [-0.3, -0.25) is 9.48 Å². The summed E-state index contributed by atoms with van der Waals surface area (Å²) in [4.78, 5) is 17.4. The minimum absolute atomic E-state index is 0.0570. The summed E-state index contributed by atoms with van der Waals surface area (Å²) in [5.41, 5.74) is 3.41. The molecule has 2 aromatic carbocycles. The first-order valence-corrected chi connectivity index (χ1v) is 13.0. The fraction of sp³-hybridized carbons (Fsp3) is 0.357. The number of ether oxygens (including phenoxy) is 1. The second kappa shape index (κ2) is 10.9. The van der Waals surface area contributed by atoms with Crippen molar-refractivity contribution < 1.29 is 22.7 Å². The number of carbonyl (C=O) groups excluding carboxylic acids is 1. The Morgan fingerprint density at radius 2 is 1.76 bits per heavy atom. The van der Waals surface area contributed by atoms with E-state index in [4.69, 9.17) is 4.74 Å². The van der Waals surface area contributed by atoms with Crippen molar-refractivity contribution in [2.75, 3.05) is 50.6 Å². The van der Waals surface area contributed by atoms with Gasteiger partial charge >= 0.3 is 6.18 Å². The molecule has 0 radical (unpaired) electrons. The van der Waals surface area contributed by atoms with Crippen molar-refractivity contribution in [3.8, 4) is 22.7 Å². The standard InChI is InChI=1S/C28H31F3N8O2/c1-17-6-7-19(12-24(17)39-16-23(34-35-39)21-15-32-37(4)18(21)2)27(40)33-22-13-20(28(29,30)31)14-25(26(22)41-5)38-10-8-36(3)9-11-38/h6-7,12-16H,8-11H2,1-5H3,(H,33,40). The molecule has 1 fully saturated rings. The number of aromatic nitrogens is 5. The molecule has 41 heavy (non-hydrogen) atoms. The quantitative estimate of drug-likeness (QED) is 0.371. The molecule has 216 valence electrons. The van der Waals surface area contributed by atoms with Crippen LogP contribution in [-0.2, 0) is 13.2 Å². The Hall–Kier alpha value is -4.39. The van der Waals surface area contributed by atoms with Crippen molar-refractivity contribution in [3.05, 3.63) is 65.1 Å². The highest BCUT2D eigenvalue weighted by Gasteiger charge is 2.34. The maximum absolute atomic E-state index is 13.9. The van der Waals surface area contributed by atoms with E-state index < -0.39 is 17.6 Å². The van der Waals surface area contributed by atoms with Crippen LogP contribution in [-0.4, -0.2) is 75.9 Å². The third-order valence-corrected chi connectivity index (χ3v) is 7.42. The number of aryl methyl sites for hydroxylation is 2. The van der Waals surface area contributed by atoms with Gasteiger partial charge in [0, 0.05) is 50.0 Å². The number of anilines is 2. The van der Waals surface area contributed by atoms with Gasteiger partial charge in [-0.15, -0.1) is 5.10 Å². The predicted octanol–water partition coefficient (Wildman–Crippen LogP) is 4.32. The molecular weight excluding hydrogens is 537 g/mol. The van der Waals surface area contributed by atoms with Gasteiger partial charge in [0.05, 0.1) is 42.1 Å². The lowest BCUT2D eigenvalue weighted by Crippen LogP contribution is -2.44. The van der Waals surface area contributed by atoms with Crippen molar-refractivity contribution in [3.63, 3.8) is 0 Å². The zero-order valence-corrected chi connectivity index (χ0v) is 23.5. The minimum Gasteiger partial charge on any atom is -0.492 e. The maximum Gasteiger partial charge on any atom is 0.416 e. The molecule has 1 aliphatic heterocycles. The number of nitrogens with one attached hydrogen (secondary N) is 1. The third-order valence-electron chi connectivity index (χ3n) is 7.42. The molecule has 13 heteroatoms. The zero-order chi connectivity index (χ0) is 29.5. The van der Waals surface area contributed by atoms with Crippen LogP contribution in [0.25, 0.3) is 16.9 Å². The predicted molar refractivity (Wildman–Crippen MR) is 149 cm³/mol. The van der Waals surface area contributed by atoms with E-state index >= 15 is 0 Å². The summed E-state index contributed by atoms with van der Waals surface area (Å²) in [5.74, 6) is -0.410. The van der Waals surface area contributed by atoms with Gasteiger partial charge in [0.2, 0.25) is 0 Å². The van der Waals surface area contributed by atoms with E-state index in [1.165, 1.54) is 7.11 Å². The smallest absolute Gasteiger partial charge is 0.416 e. The lowest BCUT2D eigenvalue weighted by molar-refractivity contribution is -0.137. The van der Waals surface area contributed by atoms with Crippen LogP contribution in [0.2, 0.25) is 0 Å². The van der Waals surface area contributed by atoms with Gasteiger partial charge in [0.1, 0.15) is 5.69 Å². The second-order valence-corrected chi connectivity index (χ2v) is 10.1. The van der Waals surface area contributed by atoms with Crippen LogP contribution in [0, 0.1) is 13.8 Å². The molecule has 1 saturated heterocycles. The van der Waals surface area contributed by atoms with E-state index in [1.807, 2.05) is 32.8 Å². The van der Waals surface area contributed by atoms with Gasteiger partial charge in [0.15, 0.2) is 5.75 Å². The number of amides is 1. The van der Waals surface area contributed by atoms with Gasteiger partial charge in [-0.25, -0.2) is 4.68 Å². The van der Waals surface area contributed by atoms with Gasteiger partial charge in [-0.05, 0) is 50.7 Å². The van der Waals surface area contributed by atoms with Crippen LogP contribution in [0.1, 0.15) is 27.2 Å². The largest absolute Gasteiger partial charge is 0.492 e. The Kier molecular flexibility index (Phi) is 7.47. The highest BCUT2D eigenvalue weighted by molar-refractivity contribution is 6.06. The molecule has 1 aliphatic rings. The Labute approximate surface area is 235 Å². The highest BCUT2D eigenvalue weighted by atomic mass is 19.4. The summed E-state index contributed by atoms with van der Waals surface area (Å²) in [7, 11) is 5.18. The first-order valence-electron chi connectivity index (χ1n) is 13.0. The summed E-state index contributed by atoms with van der Waals surface area (Å²) in [6.45, 7) is 6.23. The summed E-state index contributed by atoms with van der Waals surface area (Å²) >= 11 is 0. The molecule has 10 nitrogen and oxygen atoms in total. The van der Waals surface area contributed by atoms with Crippen molar-refractivity contribution >= 4 is 17.3 Å². The van der Waals surface area contributed by atoms with Crippen molar-refractivity contribution in [2.24, 2.45) is 7.05 Å². The molecule has 4 aromatic rings. The number of piperazine rings is 1. The number of benzene rings is 2. The van der Waals surface area contributed by atoms with Gasteiger partial charge in [0.25, 0.3) is 5.91 Å². The Morgan fingerprint density at radius 1 is 1.02 bits per heavy atom. The summed E-state index contributed by atoms with van der Waals surface area (Å²) in [5, 5.41) is 15.4. The Morgan fingerprint density at radius 3 is 2.39 bits per heavy atom. The molecule has 0 atom stereocenters. The third kappa shape index (κ3) is 5.62. The summed E-state index contributed by atoms with van der Waals surface area (Å²) < 4.78 is 50.6. The molecule has 1 amide bonds. The van der Waals surface area contributed by atoms with Crippen LogP contribution in [0.15, 0.2) is 42.7 Å². The number of rotatable bonds is 6. The number of likely N-dealkylation sites (N-methyl/N-ethyl adjacent to an activating group) is 1. The number of hydrogen-bond acceptors (Lipinski definition) is 7. The maximum atomic E-state index is 13.9. The van der Waals surface area contributed by atoms with Gasteiger partial charge in [-0.1, -0.05) is 11.3 Å². The number of nitrogens with zero attached hydrogens (tertiary/aromatic N) is 7. The summed E-state index contributed by atoms with van der Waals surface area (Å²) in [6, 6.07) is 6.97. The zero-order valence-electron chi connectivity index (χ0n) is 23.5. The lowest BCUT2D eigenvalue weighted by atomic mass is 10.1. The molecule has 2 aromatic heterocycles. The van der Waals surface area contributed by atoms with Crippen LogP contribution < -0.4 is 15.0 Å². The molecule has 0 spiro atoms. The molecule has 0 bridgehead atoms. The van der Waals surface area contributed by atoms with E-state index in [0.29, 0.717) is 37.6 Å². The Balaban J connectivity index is 1.48. The molecule has 0 saturated carbocycles. The normalized spacial score (nSPS) is 14.4. The average molecular weight is 569 g/mol. The van der Waals surface area contributed by atoms with E-state index in [0.717, 1.165) is 29.0 Å². The number of alkyl halides is 3. The first-order chi connectivity index (χ1) is 19.5. The number of halogens is 3. The number of hydrogen-bond donors (Lipinski definition) is 1. The molecular formula is C28H31F3N8O2. The van der Waals surface area contributed by atoms with E-state index in [1.54, 1.807) is 40.0 Å². The van der Waals surface area contributed by atoms with E-state index in [-0.39, 0.29) is 22.7 Å². The van der Waals surface area contributed by atoms with E-state index in [9.17, 15) is 18.0 Å². The van der Waals surface area contributed by atoms with Crippen LogP contribution in [0.4, 0.5) is 24.5 Å². The molecule has 3 heterocycles. The minimum atomic E-state index is -4.61. The fourth-order valence-corrected chi connectivity index (χ4v) is 4.81. The van der Waals surface area contributed by atoms with Crippen LogP contribution in [0.3, 0.4) is 0 Å². The average Bonchev–Trinajstić information content (AvgIpc) is 3.54. The molecule has 1 N–H and O–H groups in total. The number of methoxy groups -OCH3 is 1. The van der Waals surface area contributed by atoms with Crippen molar-refractivity contribution in [1.29, 1.82) is 0 Å². The first kappa shape index (κ1) is 28.1. The fourth-order valence-electron chi connectivity index (χ4n) is 4.81. The van der Waals surface area contributed by atoms with Gasteiger partial charge < -0.3 is 19.9 Å². The highest BCUT2D eigenvalue weighted by Crippen LogP contribution is 2.42. The molecule has 0 unspecified atom stereocenters. The van der Waals surface area contributed by atoms with Crippen LogP contribution in [0.5, 0.6) is 5.75 Å².